The van der Waals surface area contributed by atoms with Gasteiger partial charge in [-0.25, -0.2) is 0 Å². The van der Waals surface area contributed by atoms with E-state index in [4.69, 9.17) is 35.9 Å². The van der Waals surface area contributed by atoms with E-state index in [1.807, 2.05) is 0 Å². The first kappa shape index (κ1) is 19.6. The third-order valence-corrected chi connectivity index (χ3v) is 6.31. The van der Waals surface area contributed by atoms with Crippen LogP contribution in [0.2, 0.25) is 5.02 Å². The van der Waals surface area contributed by atoms with Gasteiger partial charge in [0, 0.05) is 5.02 Å². The summed E-state index contributed by atoms with van der Waals surface area (Å²) in [6.45, 7) is 0.407. The van der Waals surface area contributed by atoms with Gasteiger partial charge in [-0.15, -0.1) is 0 Å². The molecular weight excluding hydrogens is 356 g/mol. The fraction of sp³-hybridized carbons (Fsp3) is 0.455. The van der Waals surface area contributed by atoms with Crippen LogP contribution < -0.4 is 10.1 Å². The van der Waals surface area contributed by atoms with E-state index in [-0.39, 0.29) is 6.54 Å². The molecule has 0 heterocycles. The van der Waals surface area contributed by atoms with Crippen LogP contribution in [0.25, 0.3) is 0 Å². The van der Waals surface area contributed by atoms with E-state index < -0.39 is 20.7 Å². The van der Waals surface area contributed by atoms with Crippen molar-refractivity contribution in [1.29, 1.82) is 0 Å². The number of ether oxygens (including phenoxy) is 1. The first-order valence-electron chi connectivity index (χ1n) is 6.33. The molecule has 0 spiro atoms. The molecule has 0 aromatic heterocycles. The fourth-order valence-corrected chi connectivity index (χ4v) is 4.04. The molecule has 0 saturated heterocycles. The Hall–Kier alpha value is -0.430. The van der Waals surface area contributed by atoms with E-state index in [1.165, 1.54) is 0 Å². The second-order valence-electron chi connectivity index (χ2n) is 4.52. The van der Waals surface area contributed by atoms with Gasteiger partial charge in [-0.2, -0.15) is 0 Å². The van der Waals surface area contributed by atoms with Crippen molar-refractivity contribution in [3.63, 3.8) is 0 Å². The molecule has 0 aliphatic heterocycles. The van der Waals surface area contributed by atoms with E-state index >= 15 is 0 Å². The highest BCUT2D eigenvalue weighted by Crippen LogP contribution is 2.58. The van der Waals surface area contributed by atoms with Gasteiger partial charge < -0.3 is 24.3 Å². The quantitative estimate of drug-likeness (QED) is 0.326. The summed E-state index contributed by atoms with van der Waals surface area (Å²) in [7, 11) is -9.85. The number of rotatable bonds is 9. The molecule has 126 valence electrons. The van der Waals surface area contributed by atoms with E-state index in [1.54, 1.807) is 24.3 Å². The maximum Gasteiger partial charge on any atom is 0.354 e. The molecule has 8 nitrogen and oxygen atoms in total. The molecular formula is C11H18ClNO7P2. The van der Waals surface area contributed by atoms with Crippen molar-refractivity contribution in [3.8, 4) is 5.75 Å². The maximum absolute atomic E-state index is 11.0. The number of hydrogen-bond donors (Lipinski definition) is 5. The molecule has 0 radical (unpaired) electrons. The van der Waals surface area contributed by atoms with Crippen molar-refractivity contribution in [1.82, 2.24) is 5.32 Å². The van der Waals surface area contributed by atoms with Gasteiger partial charge in [-0.05, 0) is 43.7 Å². The van der Waals surface area contributed by atoms with Gasteiger partial charge in [0.25, 0.3) is 0 Å². The summed E-state index contributed by atoms with van der Waals surface area (Å²) in [5, 5.41) is 2.80. The minimum atomic E-state index is -4.92. The maximum atomic E-state index is 11.0. The van der Waals surface area contributed by atoms with Crippen molar-refractivity contribution < 1.29 is 33.4 Å². The molecule has 0 aliphatic carbocycles. The predicted octanol–water partition coefficient (Wildman–Crippen LogP) is 1.73. The molecule has 0 aliphatic rings. The zero-order valence-corrected chi connectivity index (χ0v) is 14.0. The SMILES string of the molecule is O=P(O)(O)C(NCCCCOc1ccc(Cl)cc1)P(=O)(O)O. The van der Waals surface area contributed by atoms with Gasteiger partial charge in [0.2, 0.25) is 5.52 Å². The molecule has 0 bridgehead atoms. The largest absolute Gasteiger partial charge is 0.494 e. The van der Waals surface area contributed by atoms with Crippen LogP contribution in [0.1, 0.15) is 12.8 Å². The zero-order valence-electron chi connectivity index (χ0n) is 11.5. The van der Waals surface area contributed by atoms with E-state index in [9.17, 15) is 9.13 Å². The van der Waals surface area contributed by atoms with E-state index in [2.05, 4.69) is 5.32 Å². The summed E-state index contributed by atoms with van der Waals surface area (Å²) in [6, 6.07) is 6.78. The number of benzene rings is 1. The topological polar surface area (TPSA) is 136 Å². The molecule has 0 saturated carbocycles. The Balaban J connectivity index is 2.28. The highest BCUT2D eigenvalue weighted by molar-refractivity contribution is 7.70. The van der Waals surface area contributed by atoms with Crippen molar-refractivity contribution in [2.75, 3.05) is 13.2 Å². The van der Waals surface area contributed by atoms with Crippen LogP contribution in [0.5, 0.6) is 5.75 Å². The average molecular weight is 374 g/mol. The molecule has 1 aromatic carbocycles. The fourth-order valence-electron chi connectivity index (χ4n) is 1.61. The van der Waals surface area contributed by atoms with Crippen LogP contribution in [-0.4, -0.2) is 38.2 Å². The Kier molecular flexibility index (Phi) is 7.52. The second kappa shape index (κ2) is 8.43. The van der Waals surface area contributed by atoms with Crippen LogP contribution in [0.3, 0.4) is 0 Å². The Bertz CT molecular complexity index is 534. The lowest BCUT2D eigenvalue weighted by molar-refractivity contribution is 0.303. The molecule has 1 aromatic rings. The Labute approximate surface area is 132 Å². The first-order valence-corrected chi connectivity index (χ1v) is 10.1. The molecule has 0 atom stereocenters. The normalized spacial score (nSPS) is 12.6. The predicted molar refractivity (Wildman–Crippen MR) is 82.1 cm³/mol. The van der Waals surface area contributed by atoms with Crippen LogP contribution in [0, 0.1) is 0 Å². The Morgan fingerprint density at radius 3 is 2.09 bits per heavy atom. The summed E-state index contributed by atoms with van der Waals surface area (Å²) in [6.07, 6.45) is 0.981. The minimum Gasteiger partial charge on any atom is -0.494 e. The number of hydrogen-bond acceptors (Lipinski definition) is 4. The van der Waals surface area contributed by atoms with E-state index in [0.29, 0.717) is 30.2 Å². The standard InChI is InChI=1S/C11H18ClNO7P2/c12-9-3-5-10(6-4-9)20-8-2-1-7-13-11(21(14,15)16)22(17,18)19/h3-6,11,13H,1-2,7-8H2,(H2,14,15,16)(H2,17,18,19). The van der Waals surface area contributed by atoms with Crippen LogP contribution in [0.15, 0.2) is 24.3 Å². The molecule has 0 fully saturated rings. The molecule has 11 heteroatoms. The number of nitrogens with one attached hydrogen (secondary N) is 1. The molecule has 1 rings (SSSR count). The lowest BCUT2D eigenvalue weighted by Crippen LogP contribution is -2.30. The lowest BCUT2D eigenvalue weighted by atomic mass is 10.3. The second-order valence-corrected chi connectivity index (χ2v) is 8.75. The van der Waals surface area contributed by atoms with Crippen molar-refractivity contribution in [2.24, 2.45) is 0 Å². The van der Waals surface area contributed by atoms with Crippen molar-refractivity contribution in [2.45, 2.75) is 18.4 Å². The van der Waals surface area contributed by atoms with Gasteiger partial charge >= 0.3 is 15.2 Å². The minimum absolute atomic E-state index is 0.0465. The summed E-state index contributed by atoms with van der Waals surface area (Å²) >= 11 is 5.73. The summed E-state index contributed by atoms with van der Waals surface area (Å²) in [5.41, 5.74) is -2.17. The highest BCUT2D eigenvalue weighted by atomic mass is 35.5. The average Bonchev–Trinajstić information content (AvgIpc) is 2.36. The van der Waals surface area contributed by atoms with Crippen LogP contribution in [0.4, 0.5) is 0 Å². The molecule has 22 heavy (non-hydrogen) atoms. The third-order valence-electron chi connectivity index (χ3n) is 2.62. The first-order chi connectivity index (χ1) is 10.1. The van der Waals surface area contributed by atoms with Gasteiger partial charge in [-0.3, -0.25) is 14.4 Å². The van der Waals surface area contributed by atoms with Gasteiger partial charge in [0.05, 0.1) is 6.61 Å². The lowest BCUT2D eigenvalue weighted by Gasteiger charge is -2.20. The van der Waals surface area contributed by atoms with Gasteiger partial charge in [-0.1, -0.05) is 11.6 Å². The monoisotopic (exact) mass is 373 g/mol. The number of halogens is 1. The molecule has 5 N–H and O–H groups in total. The van der Waals surface area contributed by atoms with Crippen LogP contribution >= 0.6 is 26.8 Å². The smallest absolute Gasteiger partial charge is 0.354 e. The van der Waals surface area contributed by atoms with Crippen molar-refractivity contribution >= 4 is 26.8 Å². The van der Waals surface area contributed by atoms with Crippen molar-refractivity contribution in [3.05, 3.63) is 29.3 Å². The Morgan fingerprint density at radius 1 is 1.05 bits per heavy atom. The summed E-state index contributed by atoms with van der Waals surface area (Å²) < 4.78 is 27.4. The Morgan fingerprint density at radius 2 is 1.59 bits per heavy atom. The molecule has 0 amide bonds. The molecule has 0 unspecified atom stereocenters. The van der Waals surface area contributed by atoms with Crippen LogP contribution in [-0.2, 0) is 9.13 Å². The van der Waals surface area contributed by atoms with Gasteiger partial charge in [0.1, 0.15) is 5.75 Å². The summed E-state index contributed by atoms with van der Waals surface area (Å²) in [5.74, 6) is 0.640. The zero-order chi connectivity index (χ0) is 16.8. The van der Waals surface area contributed by atoms with E-state index in [0.717, 1.165) is 0 Å². The third kappa shape index (κ3) is 7.22. The summed E-state index contributed by atoms with van der Waals surface area (Å²) in [4.78, 5) is 35.6. The number of unbranched alkanes of at least 4 members (excludes halogenated alkanes) is 1. The highest BCUT2D eigenvalue weighted by Gasteiger charge is 2.42. The van der Waals surface area contributed by atoms with Gasteiger partial charge in [0.15, 0.2) is 0 Å².